The standard InChI is InChI=1S/C18H29ClN2O/c1-2-3-4-7-10-20-15-18(21-11-13-22-14-12-21)16-8-5-6-9-17(16)19/h5-6,8-9,18,20H,2-4,7,10-15H2,1H3. The van der Waals surface area contributed by atoms with Crippen molar-refractivity contribution in [2.24, 2.45) is 0 Å². The Hall–Kier alpha value is -0.610. The Morgan fingerprint density at radius 3 is 2.68 bits per heavy atom. The number of benzene rings is 1. The summed E-state index contributed by atoms with van der Waals surface area (Å²) in [6.07, 6.45) is 5.19. The first-order valence-electron chi connectivity index (χ1n) is 8.60. The fourth-order valence-electron chi connectivity index (χ4n) is 2.99. The molecule has 1 unspecified atom stereocenters. The first kappa shape index (κ1) is 17.7. The maximum absolute atomic E-state index is 6.43. The monoisotopic (exact) mass is 324 g/mol. The normalized spacial score (nSPS) is 17.5. The molecule has 0 saturated carbocycles. The molecular formula is C18H29ClN2O. The molecular weight excluding hydrogens is 296 g/mol. The second kappa shape index (κ2) is 10.2. The van der Waals surface area contributed by atoms with Gasteiger partial charge in [-0.3, -0.25) is 4.90 Å². The molecule has 124 valence electrons. The number of ether oxygens (including phenoxy) is 1. The summed E-state index contributed by atoms with van der Waals surface area (Å²) >= 11 is 6.43. The highest BCUT2D eigenvalue weighted by molar-refractivity contribution is 6.31. The van der Waals surface area contributed by atoms with E-state index in [0.29, 0.717) is 6.04 Å². The molecule has 1 fully saturated rings. The molecule has 1 atom stereocenters. The van der Waals surface area contributed by atoms with Gasteiger partial charge in [0.05, 0.1) is 13.2 Å². The lowest BCUT2D eigenvalue weighted by Crippen LogP contribution is -2.43. The third-order valence-corrected chi connectivity index (χ3v) is 4.64. The van der Waals surface area contributed by atoms with Gasteiger partial charge in [-0.1, -0.05) is 56.0 Å². The van der Waals surface area contributed by atoms with Crippen molar-refractivity contribution in [2.75, 3.05) is 39.4 Å². The van der Waals surface area contributed by atoms with Crippen molar-refractivity contribution in [3.05, 3.63) is 34.9 Å². The third kappa shape index (κ3) is 5.54. The summed E-state index contributed by atoms with van der Waals surface area (Å²) in [5, 5.41) is 4.49. The van der Waals surface area contributed by atoms with Crippen LogP contribution in [0.4, 0.5) is 0 Å². The van der Waals surface area contributed by atoms with E-state index in [9.17, 15) is 0 Å². The van der Waals surface area contributed by atoms with Gasteiger partial charge in [0, 0.05) is 30.7 Å². The molecule has 1 heterocycles. The summed E-state index contributed by atoms with van der Waals surface area (Å²) in [4.78, 5) is 2.49. The predicted molar refractivity (Wildman–Crippen MR) is 93.6 cm³/mol. The van der Waals surface area contributed by atoms with Gasteiger partial charge in [0.25, 0.3) is 0 Å². The Kier molecular flexibility index (Phi) is 8.24. The highest BCUT2D eigenvalue weighted by atomic mass is 35.5. The van der Waals surface area contributed by atoms with Crippen LogP contribution in [0, 0.1) is 0 Å². The van der Waals surface area contributed by atoms with Crippen LogP contribution in [-0.2, 0) is 4.74 Å². The summed E-state index contributed by atoms with van der Waals surface area (Å²) in [5.41, 5.74) is 1.23. The van der Waals surface area contributed by atoms with Crippen LogP contribution >= 0.6 is 11.6 Å². The number of nitrogens with zero attached hydrogens (tertiary/aromatic N) is 1. The van der Waals surface area contributed by atoms with Crippen molar-refractivity contribution in [2.45, 2.75) is 38.6 Å². The van der Waals surface area contributed by atoms with Gasteiger partial charge in [0.15, 0.2) is 0 Å². The molecule has 0 amide bonds. The zero-order chi connectivity index (χ0) is 15.6. The molecule has 1 aliphatic heterocycles. The number of unbranched alkanes of at least 4 members (excludes halogenated alkanes) is 3. The van der Waals surface area contributed by atoms with Crippen LogP contribution in [0.2, 0.25) is 5.02 Å². The molecule has 3 nitrogen and oxygen atoms in total. The highest BCUT2D eigenvalue weighted by Gasteiger charge is 2.23. The Bertz CT molecular complexity index is 421. The Balaban J connectivity index is 1.92. The fraction of sp³-hybridized carbons (Fsp3) is 0.667. The van der Waals surface area contributed by atoms with Gasteiger partial charge in [-0.15, -0.1) is 0 Å². The SMILES string of the molecule is CCCCCCNCC(c1ccccc1Cl)N1CCOCC1. The van der Waals surface area contributed by atoms with Crippen LogP contribution in [-0.4, -0.2) is 44.3 Å². The molecule has 22 heavy (non-hydrogen) atoms. The van der Waals surface area contributed by atoms with Crippen LogP contribution in [0.15, 0.2) is 24.3 Å². The Morgan fingerprint density at radius 1 is 1.18 bits per heavy atom. The smallest absolute Gasteiger partial charge is 0.0594 e. The molecule has 2 rings (SSSR count). The Morgan fingerprint density at radius 2 is 1.95 bits per heavy atom. The van der Waals surface area contributed by atoms with Crippen LogP contribution in [0.3, 0.4) is 0 Å². The van der Waals surface area contributed by atoms with Crippen molar-refractivity contribution in [1.29, 1.82) is 0 Å². The van der Waals surface area contributed by atoms with E-state index in [2.05, 4.69) is 29.3 Å². The zero-order valence-electron chi connectivity index (χ0n) is 13.7. The lowest BCUT2D eigenvalue weighted by atomic mass is 10.0. The van der Waals surface area contributed by atoms with Gasteiger partial charge in [-0.05, 0) is 24.6 Å². The first-order valence-corrected chi connectivity index (χ1v) is 8.97. The molecule has 0 radical (unpaired) electrons. The summed E-state index contributed by atoms with van der Waals surface area (Å²) in [7, 11) is 0. The number of rotatable bonds is 9. The minimum Gasteiger partial charge on any atom is -0.379 e. The minimum atomic E-state index is 0.337. The number of hydrogen-bond donors (Lipinski definition) is 1. The maximum atomic E-state index is 6.43. The first-order chi connectivity index (χ1) is 10.8. The van der Waals surface area contributed by atoms with Crippen LogP contribution < -0.4 is 5.32 Å². The van der Waals surface area contributed by atoms with Crippen LogP contribution in [0.1, 0.15) is 44.2 Å². The average Bonchev–Trinajstić information content (AvgIpc) is 2.56. The second-order valence-electron chi connectivity index (χ2n) is 5.95. The lowest BCUT2D eigenvalue weighted by molar-refractivity contribution is 0.0162. The van der Waals surface area contributed by atoms with E-state index in [4.69, 9.17) is 16.3 Å². The number of hydrogen-bond acceptors (Lipinski definition) is 3. The molecule has 1 aliphatic rings. The summed E-state index contributed by atoms with van der Waals surface area (Å²) in [5.74, 6) is 0. The predicted octanol–water partition coefficient (Wildman–Crippen LogP) is 3.88. The topological polar surface area (TPSA) is 24.5 Å². The molecule has 0 aliphatic carbocycles. The van der Waals surface area contributed by atoms with Gasteiger partial charge >= 0.3 is 0 Å². The van der Waals surface area contributed by atoms with E-state index in [1.165, 1.54) is 31.2 Å². The van der Waals surface area contributed by atoms with Gasteiger partial charge in [0.1, 0.15) is 0 Å². The summed E-state index contributed by atoms with van der Waals surface area (Å²) < 4.78 is 5.49. The largest absolute Gasteiger partial charge is 0.379 e. The summed E-state index contributed by atoms with van der Waals surface area (Å²) in [6.45, 7) is 7.89. The highest BCUT2D eigenvalue weighted by Crippen LogP contribution is 2.27. The number of morpholine rings is 1. The minimum absolute atomic E-state index is 0.337. The number of halogens is 1. The van der Waals surface area contributed by atoms with E-state index >= 15 is 0 Å². The quantitative estimate of drug-likeness (QED) is 0.698. The van der Waals surface area contributed by atoms with Gasteiger partial charge < -0.3 is 10.1 Å². The molecule has 0 aromatic heterocycles. The molecule has 0 bridgehead atoms. The molecule has 0 spiro atoms. The van der Waals surface area contributed by atoms with Gasteiger partial charge in [-0.2, -0.15) is 0 Å². The van der Waals surface area contributed by atoms with Gasteiger partial charge in [-0.25, -0.2) is 0 Å². The molecule has 4 heteroatoms. The van der Waals surface area contributed by atoms with E-state index in [0.717, 1.165) is 44.4 Å². The fourth-order valence-corrected chi connectivity index (χ4v) is 3.25. The van der Waals surface area contributed by atoms with E-state index in [1.807, 2.05) is 12.1 Å². The number of nitrogens with one attached hydrogen (secondary N) is 1. The van der Waals surface area contributed by atoms with E-state index in [-0.39, 0.29) is 0 Å². The molecule has 1 N–H and O–H groups in total. The van der Waals surface area contributed by atoms with Crippen molar-refractivity contribution in [1.82, 2.24) is 10.2 Å². The zero-order valence-corrected chi connectivity index (χ0v) is 14.4. The van der Waals surface area contributed by atoms with Crippen molar-refractivity contribution >= 4 is 11.6 Å². The maximum Gasteiger partial charge on any atom is 0.0594 e. The summed E-state index contributed by atoms with van der Waals surface area (Å²) in [6, 6.07) is 8.56. The van der Waals surface area contributed by atoms with Crippen molar-refractivity contribution in [3.63, 3.8) is 0 Å². The van der Waals surface area contributed by atoms with Crippen LogP contribution in [0.25, 0.3) is 0 Å². The van der Waals surface area contributed by atoms with Crippen molar-refractivity contribution in [3.8, 4) is 0 Å². The van der Waals surface area contributed by atoms with Gasteiger partial charge in [0.2, 0.25) is 0 Å². The second-order valence-corrected chi connectivity index (χ2v) is 6.36. The molecule has 1 saturated heterocycles. The molecule has 1 aromatic carbocycles. The van der Waals surface area contributed by atoms with E-state index < -0.39 is 0 Å². The Labute approximate surface area is 140 Å². The van der Waals surface area contributed by atoms with E-state index in [1.54, 1.807) is 0 Å². The molecule has 1 aromatic rings. The third-order valence-electron chi connectivity index (χ3n) is 4.30. The van der Waals surface area contributed by atoms with Crippen molar-refractivity contribution < 1.29 is 4.74 Å². The lowest BCUT2D eigenvalue weighted by Gasteiger charge is -2.35. The van der Waals surface area contributed by atoms with Crippen LogP contribution in [0.5, 0.6) is 0 Å². The average molecular weight is 325 g/mol.